The number of hydrogen-bond acceptors (Lipinski definition) is 6. The average Bonchev–Trinajstić information content (AvgIpc) is 2.96. The van der Waals surface area contributed by atoms with Crippen LogP contribution in [-0.4, -0.2) is 27.9 Å². The number of sulfonamides is 1. The van der Waals surface area contributed by atoms with Crippen LogP contribution in [-0.2, 0) is 16.6 Å². The van der Waals surface area contributed by atoms with Crippen LogP contribution in [0, 0.1) is 5.41 Å². The zero-order valence-electron chi connectivity index (χ0n) is 21.5. The van der Waals surface area contributed by atoms with Gasteiger partial charge >= 0.3 is 0 Å². The third kappa shape index (κ3) is 7.45. The minimum Gasteiger partial charge on any atom is -0.493 e. The highest BCUT2D eigenvalue weighted by molar-refractivity contribution is 7.89. The van der Waals surface area contributed by atoms with Crippen LogP contribution in [0.25, 0.3) is 0 Å². The summed E-state index contributed by atoms with van der Waals surface area (Å²) in [5.74, 6) is 0.990. The van der Waals surface area contributed by atoms with Crippen LogP contribution in [0.3, 0.4) is 0 Å². The molecule has 4 aromatic rings. The van der Waals surface area contributed by atoms with Crippen molar-refractivity contribution in [3.05, 3.63) is 118 Å². The number of rotatable bonds is 12. The molecule has 0 aliphatic heterocycles. The van der Waals surface area contributed by atoms with E-state index in [0.29, 0.717) is 29.4 Å². The van der Waals surface area contributed by atoms with Crippen LogP contribution in [0.15, 0.2) is 95.9 Å². The number of halogens is 2. The van der Waals surface area contributed by atoms with E-state index >= 15 is 0 Å². The van der Waals surface area contributed by atoms with Crippen LogP contribution >= 0.6 is 23.2 Å². The van der Waals surface area contributed by atoms with Crippen molar-refractivity contribution in [2.45, 2.75) is 17.5 Å². The van der Waals surface area contributed by atoms with Gasteiger partial charge in [0.05, 0.1) is 18.2 Å². The molecular weight excluding hydrogens is 571 g/mol. The Balaban J connectivity index is 1.61. The van der Waals surface area contributed by atoms with E-state index < -0.39 is 16.1 Å². The fourth-order valence-electron chi connectivity index (χ4n) is 3.91. The summed E-state index contributed by atoms with van der Waals surface area (Å²) < 4.78 is 40.5. The SMILES string of the molecule is COc1cc(C(CNS(=O)(=O)c2cc(Cl)ccc2Cl)Nc2ccc(C(=N)N)cc2)ccc1OCc1ccccc1. The molecule has 0 bridgehead atoms. The molecular formula is C29H28Cl2N4O4S. The van der Waals surface area contributed by atoms with E-state index in [-0.39, 0.29) is 27.3 Å². The van der Waals surface area contributed by atoms with Crippen molar-refractivity contribution in [3.8, 4) is 11.5 Å². The Morgan fingerprint density at radius 3 is 2.35 bits per heavy atom. The Hall–Kier alpha value is -3.76. The second-order valence-electron chi connectivity index (χ2n) is 8.80. The third-order valence-electron chi connectivity index (χ3n) is 6.02. The van der Waals surface area contributed by atoms with E-state index in [0.717, 1.165) is 11.1 Å². The van der Waals surface area contributed by atoms with Gasteiger partial charge in [0.1, 0.15) is 17.3 Å². The molecule has 11 heteroatoms. The van der Waals surface area contributed by atoms with E-state index in [1.54, 1.807) is 43.5 Å². The lowest BCUT2D eigenvalue weighted by Crippen LogP contribution is -2.31. The first-order valence-corrected chi connectivity index (χ1v) is 14.4. The highest BCUT2D eigenvalue weighted by Gasteiger charge is 2.22. The Bertz CT molecular complexity index is 1580. The summed E-state index contributed by atoms with van der Waals surface area (Å²) in [6.45, 7) is 0.327. The van der Waals surface area contributed by atoms with Crippen molar-refractivity contribution < 1.29 is 17.9 Å². The molecule has 8 nitrogen and oxygen atoms in total. The number of nitrogens with two attached hydrogens (primary N) is 1. The fourth-order valence-corrected chi connectivity index (χ4v) is 5.72. The van der Waals surface area contributed by atoms with E-state index in [9.17, 15) is 8.42 Å². The number of hydrogen-bond donors (Lipinski definition) is 4. The van der Waals surface area contributed by atoms with Crippen LogP contribution in [0.5, 0.6) is 11.5 Å². The van der Waals surface area contributed by atoms with Gasteiger partial charge in [-0.2, -0.15) is 0 Å². The summed E-state index contributed by atoms with van der Waals surface area (Å²) in [4.78, 5) is -0.117. The smallest absolute Gasteiger partial charge is 0.242 e. The highest BCUT2D eigenvalue weighted by Crippen LogP contribution is 2.33. The lowest BCUT2D eigenvalue weighted by Gasteiger charge is -2.23. The van der Waals surface area contributed by atoms with Crippen molar-refractivity contribution in [3.63, 3.8) is 0 Å². The molecule has 4 aromatic carbocycles. The van der Waals surface area contributed by atoms with Gasteiger partial charge in [-0.1, -0.05) is 59.6 Å². The molecule has 0 heterocycles. The molecule has 1 unspecified atom stereocenters. The maximum absolute atomic E-state index is 13.1. The van der Waals surface area contributed by atoms with Crippen molar-refractivity contribution in [2.75, 3.05) is 19.0 Å². The Morgan fingerprint density at radius 2 is 1.68 bits per heavy atom. The molecule has 0 aliphatic rings. The predicted octanol–water partition coefficient (Wildman–Crippen LogP) is 6.00. The largest absolute Gasteiger partial charge is 0.493 e. The molecule has 0 radical (unpaired) electrons. The third-order valence-corrected chi connectivity index (χ3v) is 8.16. The van der Waals surface area contributed by atoms with Gasteiger partial charge in [0.2, 0.25) is 10.0 Å². The zero-order chi connectivity index (χ0) is 28.7. The lowest BCUT2D eigenvalue weighted by molar-refractivity contribution is 0.284. The number of ether oxygens (including phenoxy) is 2. The summed E-state index contributed by atoms with van der Waals surface area (Å²) in [7, 11) is -2.45. The summed E-state index contributed by atoms with van der Waals surface area (Å²) in [5, 5.41) is 11.3. The first-order valence-electron chi connectivity index (χ1n) is 12.2. The second kappa shape index (κ2) is 13.1. The molecule has 0 spiro atoms. The molecule has 0 fully saturated rings. The molecule has 5 N–H and O–H groups in total. The molecule has 208 valence electrons. The average molecular weight is 600 g/mol. The standard InChI is InChI=1S/C29H28Cl2N4O4S/c1-38-27-15-21(9-14-26(27)39-18-19-5-3-2-4-6-19)25(35-23-11-7-20(8-12-23)29(32)33)17-34-40(36,37)28-16-22(30)10-13-24(28)31/h2-16,25,34-35H,17-18H2,1H3,(H3,32,33). The number of anilines is 1. The van der Waals surface area contributed by atoms with Gasteiger partial charge in [0.15, 0.2) is 11.5 Å². The van der Waals surface area contributed by atoms with Crippen molar-refractivity contribution in [1.82, 2.24) is 4.72 Å². The second-order valence-corrected chi connectivity index (χ2v) is 11.4. The minimum atomic E-state index is -4.00. The van der Waals surface area contributed by atoms with Gasteiger partial charge in [-0.25, -0.2) is 13.1 Å². The van der Waals surface area contributed by atoms with Crippen LogP contribution in [0.4, 0.5) is 5.69 Å². The highest BCUT2D eigenvalue weighted by atomic mass is 35.5. The summed E-state index contributed by atoms with van der Waals surface area (Å²) in [6, 6.07) is 25.8. The molecule has 1 atom stereocenters. The molecule has 0 aromatic heterocycles. The van der Waals surface area contributed by atoms with Crippen molar-refractivity contribution in [2.24, 2.45) is 5.73 Å². The number of benzene rings is 4. The summed E-state index contributed by atoms with van der Waals surface area (Å²) in [6.07, 6.45) is 0. The van der Waals surface area contributed by atoms with Gasteiger partial charge in [-0.15, -0.1) is 0 Å². The van der Waals surface area contributed by atoms with Crippen LogP contribution in [0.2, 0.25) is 10.0 Å². The molecule has 0 saturated heterocycles. The summed E-state index contributed by atoms with van der Waals surface area (Å²) >= 11 is 12.2. The molecule has 4 rings (SSSR count). The fraction of sp³-hybridized carbons (Fsp3) is 0.138. The Morgan fingerprint density at radius 1 is 0.950 bits per heavy atom. The summed E-state index contributed by atoms with van der Waals surface area (Å²) in [5.41, 5.74) is 8.59. The topological polar surface area (TPSA) is 127 Å². The normalized spacial score (nSPS) is 12.0. The van der Waals surface area contributed by atoms with Crippen molar-refractivity contribution in [1.29, 1.82) is 5.41 Å². The first-order chi connectivity index (χ1) is 19.2. The Kier molecular flexibility index (Phi) is 9.54. The zero-order valence-corrected chi connectivity index (χ0v) is 23.9. The molecule has 0 saturated carbocycles. The van der Waals surface area contributed by atoms with Crippen molar-refractivity contribution >= 4 is 44.7 Å². The van der Waals surface area contributed by atoms with E-state index in [4.69, 9.17) is 43.8 Å². The molecule has 40 heavy (non-hydrogen) atoms. The van der Waals surface area contributed by atoms with E-state index in [1.165, 1.54) is 18.2 Å². The van der Waals surface area contributed by atoms with Gasteiger partial charge in [0, 0.05) is 22.8 Å². The number of nitrogen functional groups attached to an aromatic ring is 1. The molecule has 0 amide bonds. The van der Waals surface area contributed by atoms with E-state index in [2.05, 4.69) is 10.0 Å². The number of methoxy groups -OCH3 is 1. The van der Waals surface area contributed by atoms with Crippen LogP contribution < -0.4 is 25.2 Å². The lowest BCUT2D eigenvalue weighted by atomic mass is 10.1. The van der Waals surface area contributed by atoms with Crippen LogP contribution in [0.1, 0.15) is 22.7 Å². The predicted molar refractivity (Wildman–Crippen MR) is 159 cm³/mol. The number of nitrogens with one attached hydrogen (secondary N) is 3. The number of amidine groups is 1. The van der Waals surface area contributed by atoms with Gasteiger partial charge < -0.3 is 20.5 Å². The van der Waals surface area contributed by atoms with Gasteiger partial charge in [-0.05, 0) is 65.7 Å². The maximum atomic E-state index is 13.1. The monoisotopic (exact) mass is 598 g/mol. The maximum Gasteiger partial charge on any atom is 0.242 e. The minimum absolute atomic E-state index is 0.0347. The quantitative estimate of drug-likeness (QED) is 0.117. The molecule has 0 aliphatic carbocycles. The van der Waals surface area contributed by atoms with Gasteiger partial charge in [-0.3, -0.25) is 5.41 Å². The first kappa shape index (κ1) is 29.2. The Labute approximate surface area is 243 Å². The van der Waals surface area contributed by atoms with E-state index in [1.807, 2.05) is 36.4 Å². The van der Waals surface area contributed by atoms with Gasteiger partial charge in [0.25, 0.3) is 0 Å².